The molecule has 2 bridgehead atoms. The molecule has 3 rings (SSSR count). The molecule has 3 atom stereocenters. The summed E-state index contributed by atoms with van der Waals surface area (Å²) in [6, 6.07) is 11.4. The van der Waals surface area contributed by atoms with Gasteiger partial charge in [-0.25, -0.2) is 0 Å². The number of hydrogen-bond donors (Lipinski definition) is 1. The van der Waals surface area contributed by atoms with Crippen molar-refractivity contribution < 1.29 is 0 Å². The molecule has 2 heterocycles. The lowest BCUT2D eigenvalue weighted by atomic mass is 9.94. The van der Waals surface area contributed by atoms with Crippen LogP contribution in [0.5, 0.6) is 0 Å². The number of halogens is 1. The van der Waals surface area contributed by atoms with E-state index in [1.54, 1.807) is 0 Å². The van der Waals surface area contributed by atoms with E-state index < -0.39 is 0 Å². The lowest BCUT2D eigenvalue weighted by Crippen LogP contribution is -2.48. The van der Waals surface area contributed by atoms with Crippen molar-refractivity contribution in [3.63, 3.8) is 0 Å². The number of fused-ring (bicyclic) bond motifs is 2. The predicted molar refractivity (Wildman–Crippen MR) is 83.4 cm³/mol. The Kier molecular flexibility index (Phi) is 3.65. The molecule has 0 amide bonds. The van der Waals surface area contributed by atoms with E-state index in [-0.39, 0.29) is 0 Å². The van der Waals surface area contributed by atoms with Gasteiger partial charge in [-0.3, -0.25) is 4.90 Å². The van der Waals surface area contributed by atoms with Gasteiger partial charge in [0.25, 0.3) is 0 Å². The fourth-order valence-electron chi connectivity index (χ4n) is 3.80. The molecule has 2 saturated heterocycles. The molecule has 0 radical (unpaired) electrons. The topological polar surface area (TPSA) is 29.3 Å². The van der Waals surface area contributed by atoms with Gasteiger partial charge >= 0.3 is 0 Å². The van der Waals surface area contributed by atoms with Crippen LogP contribution in [0, 0.1) is 3.57 Å². The Balaban J connectivity index is 1.81. The summed E-state index contributed by atoms with van der Waals surface area (Å²) in [5.41, 5.74) is 7.60. The van der Waals surface area contributed by atoms with E-state index in [4.69, 9.17) is 5.73 Å². The zero-order valence-corrected chi connectivity index (χ0v) is 13.0. The molecular formula is C15H21IN2. The zero-order valence-electron chi connectivity index (χ0n) is 10.8. The van der Waals surface area contributed by atoms with Gasteiger partial charge in [0.05, 0.1) is 0 Å². The van der Waals surface area contributed by atoms with E-state index in [0.29, 0.717) is 24.2 Å². The first-order valence-electron chi connectivity index (χ1n) is 6.93. The molecular weight excluding hydrogens is 335 g/mol. The van der Waals surface area contributed by atoms with Gasteiger partial charge in [-0.2, -0.15) is 0 Å². The van der Waals surface area contributed by atoms with Crippen molar-refractivity contribution in [2.45, 2.75) is 56.8 Å². The van der Waals surface area contributed by atoms with Gasteiger partial charge in [0, 0.05) is 27.7 Å². The summed E-state index contributed by atoms with van der Waals surface area (Å²) in [7, 11) is 0. The lowest BCUT2D eigenvalue weighted by molar-refractivity contribution is 0.0854. The highest BCUT2D eigenvalue weighted by molar-refractivity contribution is 14.1. The van der Waals surface area contributed by atoms with Gasteiger partial charge in [-0.05, 0) is 72.9 Å². The van der Waals surface area contributed by atoms with Gasteiger partial charge in [-0.15, -0.1) is 0 Å². The Labute approximate surface area is 123 Å². The summed E-state index contributed by atoms with van der Waals surface area (Å²) < 4.78 is 1.31. The first-order chi connectivity index (χ1) is 8.65. The molecule has 3 unspecified atom stereocenters. The van der Waals surface area contributed by atoms with Crippen LogP contribution in [0.2, 0.25) is 0 Å². The molecule has 98 valence electrons. The first kappa shape index (κ1) is 12.9. The van der Waals surface area contributed by atoms with Crippen molar-refractivity contribution in [1.82, 2.24) is 4.90 Å². The van der Waals surface area contributed by atoms with Crippen LogP contribution in [-0.2, 0) is 0 Å². The van der Waals surface area contributed by atoms with Crippen molar-refractivity contribution in [1.29, 1.82) is 0 Å². The average Bonchev–Trinajstić information content (AvgIpc) is 2.62. The summed E-state index contributed by atoms with van der Waals surface area (Å²) in [6.07, 6.45) is 5.05. The standard InChI is InChI=1S/C15H21IN2/c1-10(11-2-4-12(16)5-3-11)18-14-6-7-15(18)9-13(17)8-14/h2-5,10,13-15H,6-9,17H2,1H3. The molecule has 2 nitrogen and oxygen atoms in total. The van der Waals surface area contributed by atoms with Crippen molar-refractivity contribution in [3.05, 3.63) is 33.4 Å². The largest absolute Gasteiger partial charge is 0.328 e. The molecule has 18 heavy (non-hydrogen) atoms. The van der Waals surface area contributed by atoms with E-state index >= 15 is 0 Å². The van der Waals surface area contributed by atoms with Crippen molar-refractivity contribution in [2.24, 2.45) is 5.73 Å². The Hall–Kier alpha value is -0.130. The SMILES string of the molecule is CC(c1ccc(I)cc1)N1C2CCC1CC(N)C2. The molecule has 2 N–H and O–H groups in total. The van der Waals surface area contributed by atoms with Gasteiger partial charge < -0.3 is 5.73 Å². The minimum absolute atomic E-state index is 0.433. The minimum atomic E-state index is 0.433. The minimum Gasteiger partial charge on any atom is -0.328 e. The molecule has 2 fully saturated rings. The number of hydrogen-bond acceptors (Lipinski definition) is 2. The number of nitrogens with zero attached hydrogens (tertiary/aromatic N) is 1. The van der Waals surface area contributed by atoms with E-state index in [2.05, 4.69) is 58.7 Å². The van der Waals surface area contributed by atoms with E-state index in [1.807, 2.05) is 0 Å². The van der Waals surface area contributed by atoms with Crippen LogP contribution in [0.4, 0.5) is 0 Å². The number of benzene rings is 1. The van der Waals surface area contributed by atoms with Crippen LogP contribution in [0.15, 0.2) is 24.3 Å². The van der Waals surface area contributed by atoms with Gasteiger partial charge in [0.1, 0.15) is 0 Å². The third kappa shape index (κ3) is 2.32. The number of rotatable bonds is 2. The summed E-state index contributed by atoms with van der Waals surface area (Å²) in [5, 5.41) is 0. The lowest BCUT2D eigenvalue weighted by Gasteiger charge is -2.41. The summed E-state index contributed by atoms with van der Waals surface area (Å²) in [4.78, 5) is 2.73. The molecule has 3 heteroatoms. The van der Waals surface area contributed by atoms with Gasteiger partial charge in [0.2, 0.25) is 0 Å². The van der Waals surface area contributed by atoms with Crippen LogP contribution in [0.1, 0.15) is 44.2 Å². The first-order valence-corrected chi connectivity index (χ1v) is 8.01. The maximum atomic E-state index is 6.15. The summed E-state index contributed by atoms with van der Waals surface area (Å²) >= 11 is 2.37. The Morgan fingerprint density at radius 2 is 1.72 bits per heavy atom. The Bertz CT molecular complexity index is 403. The second-order valence-electron chi connectivity index (χ2n) is 5.79. The number of nitrogens with two attached hydrogens (primary N) is 1. The monoisotopic (exact) mass is 356 g/mol. The maximum Gasteiger partial charge on any atom is 0.0325 e. The van der Waals surface area contributed by atoms with Crippen molar-refractivity contribution >= 4 is 22.6 Å². The van der Waals surface area contributed by atoms with E-state index in [0.717, 1.165) is 0 Å². The Morgan fingerprint density at radius 3 is 2.28 bits per heavy atom. The summed E-state index contributed by atoms with van der Waals surface area (Å²) in [5.74, 6) is 0. The third-order valence-corrected chi connectivity index (χ3v) is 5.34. The molecule has 0 aromatic heterocycles. The zero-order chi connectivity index (χ0) is 12.7. The molecule has 0 aliphatic carbocycles. The fourth-order valence-corrected chi connectivity index (χ4v) is 4.16. The second kappa shape index (κ2) is 5.10. The normalized spacial score (nSPS) is 33.6. The maximum absolute atomic E-state index is 6.15. The van der Waals surface area contributed by atoms with Crippen LogP contribution < -0.4 is 5.73 Å². The molecule has 2 aliphatic heterocycles. The fraction of sp³-hybridized carbons (Fsp3) is 0.600. The molecule has 1 aromatic rings. The predicted octanol–water partition coefficient (Wildman–Crippen LogP) is 3.31. The molecule has 0 saturated carbocycles. The van der Waals surface area contributed by atoms with Gasteiger partial charge in [-0.1, -0.05) is 12.1 Å². The highest BCUT2D eigenvalue weighted by atomic mass is 127. The quantitative estimate of drug-likeness (QED) is 0.824. The van der Waals surface area contributed by atoms with Crippen molar-refractivity contribution in [2.75, 3.05) is 0 Å². The van der Waals surface area contributed by atoms with Crippen LogP contribution in [0.3, 0.4) is 0 Å². The average molecular weight is 356 g/mol. The van der Waals surface area contributed by atoms with Gasteiger partial charge in [0.15, 0.2) is 0 Å². The smallest absolute Gasteiger partial charge is 0.0325 e. The van der Waals surface area contributed by atoms with E-state index in [1.165, 1.54) is 34.8 Å². The second-order valence-corrected chi connectivity index (χ2v) is 7.04. The van der Waals surface area contributed by atoms with Crippen LogP contribution in [0.25, 0.3) is 0 Å². The highest BCUT2D eigenvalue weighted by Gasteiger charge is 2.41. The summed E-state index contributed by atoms with van der Waals surface area (Å²) in [6.45, 7) is 2.35. The third-order valence-electron chi connectivity index (χ3n) is 4.63. The molecule has 0 spiro atoms. The van der Waals surface area contributed by atoms with Crippen LogP contribution in [-0.4, -0.2) is 23.0 Å². The van der Waals surface area contributed by atoms with Crippen LogP contribution >= 0.6 is 22.6 Å². The Morgan fingerprint density at radius 1 is 1.17 bits per heavy atom. The number of piperidine rings is 1. The molecule has 2 aliphatic rings. The molecule has 1 aromatic carbocycles. The van der Waals surface area contributed by atoms with Crippen molar-refractivity contribution in [3.8, 4) is 0 Å². The van der Waals surface area contributed by atoms with E-state index in [9.17, 15) is 0 Å². The highest BCUT2D eigenvalue weighted by Crippen LogP contribution is 2.40.